The van der Waals surface area contributed by atoms with E-state index < -0.39 is 22.3 Å². The summed E-state index contributed by atoms with van der Waals surface area (Å²) in [7, 11) is 0. The molecule has 0 saturated heterocycles. The molecule has 0 radical (unpaired) electrons. The number of amides is 1. The summed E-state index contributed by atoms with van der Waals surface area (Å²) in [6, 6.07) is 3.64. The predicted molar refractivity (Wildman–Crippen MR) is 63.5 cm³/mol. The van der Waals surface area contributed by atoms with Gasteiger partial charge in [-0.3, -0.25) is 20.0 Å². The number of hydrogen-bond acceptors (Lipinski definition) is 7. The second-order valence-electron chi connectivity index (χ2n) is 3.42. The highest BCUT2D eigenvalue weighted by Crippen LogP contribution is 2.33. The Morgan fingerprint density at radius 1 is 1.53 bits per heavy atom. The lowest BCUT2D eigenvalue weighted by Crippen LogP contribution is -2.15. The molecule has 0 fully saturated rings. The number of hydrogen-bond donors (Lipinski definition) is 4. The van der Waals surface area contributed by atoms with Gasteiger partial charge in [-0.2, -0.15) is 4.98 Å². The Morgan fingerprint density at radius 2 is 2.26 bits per heavy atom. The van der Waals surface area contributed by atoms with Gasteiger partial charge in [0.1, 0.15) is 5.75 Å². The number of benzene rings is 1. The lowest BCUT2D eigenvalue weighted by Gasteiger charge is -2.05. The monoisotopic (exact) mass is 264 g/mol. The molecule has 1 aromatic carbocycles. The molecule has 1 amide bonds. The number of nitro benzene ring substituents is 1. The minimum absolute atomic E-state index is 0.142. The number of aromatic nitrogens is 3. The van der Waals surface area contributed by atoms with Crippen LogP contribution in [0, 0.1) is 10.1 Å². The van der Waals surface area contributed by atoms with E-state index in [1.807, 2.05) is 0 Å². The molecule has 0 unspecified atom stereocenters. The van der Waals surface area contributed by atoms with Gasteiger partial charge >= 0.3 is 0 Å². The van der Waals surface area contributed by atoms with Crippen molar-refractivity contribution in [3.63, 3.8) is 0 Å². The fourth-order valence-corrected chi connectivity index (χ4v) is 1.36. The summed E-state index contributed by atoms with van der Waals surface area (Å²) in [5.41, 5.74) is 4.46. The maximum Gasteiger partial charge on any atom is 0.296 e. The molecule has 1 aromatic heterocycles. The van der Waals surface area contributed by atoms with Crippen molar-refractivity contribution in [2.45, 2.75) is 0 Å². The van der Waals surface area contributed by atoms with E-state index in [4.69, 9.17) is 5.73 Å². The molecule has 10 nitrogen and oxygen atoms in total. The number of carbonyl (C=O) groups excluding carboxylic acids is 1. The van der Waals surface area contributed by atoms with Crippen LogP contribution in [0.3, 0.4) is 0 Å². The predicted octanol–water partition coefficient (Wildman–Crippen LogP) is 0.253. The Kier molecular flexibility index (Phi) is 2.98. The lowest BCUT2D eigenvalue weighted by molar-refractivity contribution is -0.384. The van der Waals surface area contributed by atoms with E-state index in [1.165, 1.54) is 12.1 Å². The number of anilines is 2. The average molecular weight is 264 g/mol. The number of nitrogen functional groups attached to an aromatic ring is 1. The van der Waals surface area contributed by atoms with Gasteiger partial charge in [0.2, 0.25) is 11.8 Å². The minimum Gasteiger partial charge on any atom is -0.505 e. The van der Waals surface area contributed by atoms with Crippen LogP contribution in [0.15, 0.2) is 18.2 Å². The van der Waals surface area contributed by atoms with Crippen molar-refractivity contribution in [3.05, 3.63) is 34.1 Å². The summed E-state index contributed by atoms with van der Waals surface area (Å²) in [6.07, 6.45) is 0. The normalized spacial score (nSPS) is 10.1. The number of aromatic amines is 1. The first-order valence-corrected chi connectivity index (χ1v) is 4.94. The highest BCUT2D eigenvalue weighted by Gasteiger charge is 2.21. The van der Waals surface area contributed by atoms with Gasteiger partial charge in [-0.1, -0.05) is 6.07 Å². The van der Waals surface area contributed by atoms with E-state index in [0.29, 0.717) is 0 Å². The topological polar surface area (TPSA) is 160 Å². The maximum atomic E-state index is 11.7. The molecule has 0 aliphatic carbocycles. The number of rotatable bonds is 3. The number of H-pyrrole nitrogens is 1. The zero-order valence-corrected chi connectivity index (χ0v) is 9.32. The third-order valence-electron chi connectivity index (χ3n) is 2.17. The van der Waals surface area contributed by atoms with Crippen LogP contribution in [0.1, 0.15) is 10.6 Å². The molecule has 5 N–H and O–H groups in total. The number of para-hydroxylation sites is 1. The molecule has 98 valence electrons. The van der Waals surface area contributed by atoms with Gasteiger partial charge in [-0.15, -0.1) is 5.10 Å². The van der Waals surface area contributed by atoms with E-state index >= 15 is 0 Å². The van der Waals surface area contributed by atoms with Crippen LogP contribution in [-0.4, -0.2) is 31.1 Å². The van der Waals surface area contributed by atoms with Crippen LogP contribution in [0.4, 0.5) is 17.3 Å². The summed E-state index contributed by atoms with van der Waals surface area (Å²) in [6.45, 7) is 0. The Bertz CT molecular complexity index is 652. The summed E-state index contributed by atoms with van der Waals surface area (Å²) < 4.78 is 0. The summed E-state index contributed by atoms with van der Waals surface area (Å²) in [5.74, 6) is -1.61. The highest BCUT2D eigenvalue weighted by atomic mass is 16.6. The molecule has 0 saturated carbocycles. The van der Waals surface area contributed by atoms with Crippen molar-refractivity contribution in [2.75, 3.05) is 11.1 Å². The first kappa shape index (κ1) is 12.3. The zero-order valence-electron chi connectivity index (χ0n) is 9.32. The highest BCUT2D eigenvalue weighted by molar-refractivity contribution is 6.04. The number of nitrogens with one attached hydrogen (secondary N) is 2. The fraction of sp³-hybridized carbons (Fsp3) is 0. The molecule has 0 aliphatic heterocycles. The van der Waals surface area contributed by atoms with Gasteiger partial charge in [0, 0.05) is 6.07 Å². The quantitative estimate of drug-likeness (QED) is 0.351. The van der Waals surface area contributed by atoms with Crippen LogP contribution >= 0.6 is 0 Å². The van der Waals surface area contributed by atoms with Crippen LogP contribution in [0.5, 0.6) is 5.75 Å². The molecule has 0 atom stereocenters. The number of aromatic hydroxyl groups is 1. The van der Waals surface area contributed by atoms with Crippen molar-refractivity contribution in [3.8, 4) is 5.75 Å². The average Bonchev–Trinajstić information content (AvgIpc) is 2.78. The third-order valence-corrected chi connectivity index (χ3v) is 2.17. The van der Waals surface area contributed by atoms with Gasteiger partial charge in [-0.05, 0) is 6.07 Å². The van der Waals surface area contributed by atoms with Gasteiger partial charge in [-0.25, -0.2) is 0 Å². The fourth-order valence-electron chi connectivity index (χ4n) is 1.36. The van der Waals surface area contributed by atoms with Crippen molar-refractivity contribution >= 4 is 23.2 Å². The molecular formula is C9H8N6O4. The van der Waals surface area contributed by atoms with Crippen LogP contribution in [-0.2, 0) is 0 Å². The zero-order chi connectivity index (χ0) is 14.0. The molecule has 1 heterocycles. The lowest BCUT2D eigenvalue weighted by atomic mass is 10.2. The maximum absolute atomic E-state index is 11.7. The van der Waals surface area contributed by atoms with Gasteiger partial charge < -0.3 is 16.2 Å². The Labute approximate surface area is 105 Å². The van der Waals surface area contributed by atoms with E-state index in [-0.39, 0.29) is 17.5 Å². The van der Waals surface area contributed by atoms with E-state index in [1.54, 1.807) is 0 Å². The first-order chi connectivity index (χ1) is 8.99. The summed E-state index contributed by atoms with van der Waals surface area (Å²) in [5, 5.41) is 28.2. The second-order valence-corrected chi connectivity index (χ2v) is 3.42. The molecule has 0 bridgehead atoms. The molecule has 2 aromatic rings. The van der Waals surface area contributed by atoms with Crippen molar-refractivity contribution in [2.24, 2.45) is 0 Å². The van der Waals surface area contributed by atoms with Crippen molar-refractivity contribution in [1.29, 1.82) is 0 Å². The third kappa shape index (κ3) is 2.41. The standard InChI is InChI=1S/C9H8N6O4/c10-9-12-7(13-14-9)8(17)11-6-4(15(18)19)2-1-3-5(6)16/h1-3,16H,(H,11,17)(H3,10,12,13,14). The number of phenolic OH excluding ortho intramolecular Hbond substituents is 1. The van der Waals surface area contributed by atoms with Crippen molar-refractivity contribution < 1.29 is 14.8 Å². The van der Waals surface area contributed by atoms with E-state index in [9.17, 15) is 20.0 Å². The molecule has 19 heavy (non-hydrogen) atoms. The number of nitrogens with two attached hydrogens (primary N) is 1. The molecule has 0 spiro atoms. The largest absolute Gasteiger partial charge is 0.505 e. The SMILES string of the molecule is Nc1n[nH]c(C(=O)Nc2c(O)cccc2[N+](=O)[O-])n1. The Hall–Kier alpha value is -3.17. The van der Waals surface area contributed by atoms with Crippen LogP contribution in [0.25, 0.3) is 0 Å². The number of carbonyl (C=O) groups is 1. The van der Waals surface area contributed by atoms with Gasteiger partial charge in [0.25, 0.3) is 11.6 Å². The summed E-state index contributed by atoms with van der Waals surface area (Å²) >= 11 is 0. The molecular weight excluding hydrogens is 256 g/mol. The van der Waals surface area contributed by atoms with E-state index in [0.717, 1.165) is 6.07 Å². The number of nitrogens with zero attached hydrogens (tertiary/aromatic N) is 3. The number of phenols is 1. The van der Waals surface area contributed by atoms with Gasteiger partial charge in [0.05, 0.1) is 4.92 Å². The molecule has 2 rings (SSSR count). The smallest absolute Gasteiger partial charge is 0.296 e. The molecule has 10 heteroatoms. The van der Waals surface area contributed by atoms with E-state index in [2.05, 4.69) is 20.5 Å². The Morgan fingerprint density at radius 3 is 2.84 bits per heavy atom. The minimum atomic E-state index is -0.811. The van der Waals surface area contributed by atoms with Crippen LogP contribution in [0.2, 0.25) is 0 Å². The first-order valence-electron chi connectivity index (χ1n) is 4.94. The Balaban J connectivity index is 2.33. The summed E-state index contributed by atoms with van der Waals surface area (Å²) in [4.78, 5) is 25.3. The van der Waals surface area contributed by atoms with Crippen LogP contribution < -0.4 is 11.1 Å². The number of nitro groups is 1. The van der Waals surface area contributed by atoms with Gasteiger partial charge in [0.15, 0.2) is 5.69 Å². The second kappa shape index (κ2) is 4.60. The molecule has 0 aliphatic rings. The van der Waals surface area contributed by atoms with Crippen molar-refractivity contribution in [1.82, 2.24) is 15.2 Å².